The summed E-state index contributed by atoms with van der Waals surface area (Å²) in [6, 6.07) is 9.89. The Morgan fingerprint density at radius 3 is 2.50 bits per heavy atom. The fourth-order valence-electron chi connectivity index (χ4n) is 5.00. The zero-order valence-corrected chi connectivity index (χ0v) is 21.7. The van der Waals surface area contributed by atoms with Crippen molar-refractivity contribution in [2.75, 3.05) is 25.4 Å². The van der Waals surface area contributed by atoms with Gasteiger partial charge in [0.25, 0.3) is 5.91 Å². The molecule has 4 rings (SSSR count). The number of rotatable bonds is 6. The number of nitrogen functional groups attached to an aromatic ring is 1. The summed E-state index contributed by atoms with van der Waals surface area (Å²) in [4.78, 5) is 21.1. The molecular weight excluding hydrogens is 478 g/mol. The minimum Gasteiger partial charge on any atom is -0.494 e. The van der Waals surface area contributed by atoms with Crippen LogP contribution < -0.4 is 11.1 Å². The van der Waals surface area contributed by atoms with Crippen molar-refractivity contribution >= 4 is 21.7 Å². The maximum Gasteiger partial charge on any atom is 0.273 e. The number of piperidine rings is 1. The normalized spacial score (nSPS) is 20.8. The van der Waals surface area contributed by atoms with Crippen molar-refractivity contribution in [3.63, 3.8) is 0 Å². The Bertz CT molecular complexity index is 1280. The van der Waals surface area contributed by atoms with Crippen LogP contribution in [0.3, 0.4) is 0 Å². The summed E-state index contributed by atoms with van der Waals surface area (Å²) in [6.45, 7) is 6.43. The minimum absolute atomic E-state index is 0.0664. The first-order valence-corrected chi connectivity index (χ1v) is 13.5. The Morgan fingerprint density at radius 2 is 1.83 bits per heavy atom. The van der Waals surface area contributed by atoms with Crippen LogP contribution in [-0.4, -0.2) is 54.3 Å². The van der Waals surface area contributed by atoms with Crippen molar-refractivity contribution < 1.29 is 17.9 Å². The second-order valence-corrected chi connectivity index (χ2v) is 11.3. The smallest absolute Gasteiger partial charge is 0.273 e. The lowest BCUT2D eigenvalue weighted by atomic mass is 9.73. The fourth-order valence-corrected chi connectivity index (χ4v) is 6.82. The third-order valence-corrected chi connectivity index (χ3v) is 9.17. The van der Waals surface area contributed by atoms with Crippen molar-refractivity contribution in [3.05, 3.63) is 76.3 Å². The molecule has 36 heavy (non-hydrogen) atoms. The molecule has 0 radical (unpaired) electrons. The van der Waals surface area contributed by atoms with Gasteiger partial charge in [-0.25, -0.2) is 18.4 Å². The topological polar surface area (TPSA) is 128 Å². The van der Waals surface area contributed by atoms with E-state index in [9.17, 15) is 13.2 Å². The number of nitrogens with one attached hydrogen (secondary N) is 1. The molecule has 3 heterocycles. The summed E-state index contributed by atoms with van der Waals surface area (Å²) < 4.78 is 34.8. The molecular formula is C26H33N5O4S. The van der Waals surface area contributed by atoms with Crippen LogP contribution in [0.5, 0.6) is 0 Å². The number of carbonyl (C=O) groups is 1. The molecule has 3 N–H and O–H groups in total. The van der Waals surface area contributed by atoms with Crippen molar-refractivity contribution in [2.45, 2.75) is 51.6 Å². The number of benzene rings is 1. The van der Waals surface area contributed by atoms with Crippen LogP contribution >= 0.6 is 0 Å². The average Bonchev–Trinajstić information content (AvgIpc) is 3.00. The molecule has 1 atom stereocenters. The lowest BCUT2D eigenvalue weighted by Crippen LogP contribution is -2.50. The van der Waals surface area contributed by atoms with Gasteiger partial charge < -0.3 is 15.8 Å². The van der Waals surface area contributed by atoms with E-state index in [1.807, 2.05) is 50.3 Å². The van der Waals surface area contributed by atoms with Crippen LogP contribution in [0, 0.1) is 0 Å². The van der Waals surface area contributed by atoms with E-state index in [2.05, 4.69) is 15.3 Å². The van der Waals surface area contributed by atoms with E-state index >= 15 is 0 Å². The second kappa shape index (κ2) is 10.4. The Balaban J connectivity index is 1.57. The maximum atomic E-state index is 13.7. The van der Waals surface area contributed by atoms with Gasteiger partial charge in [0.1, 0.15) is 10.7 Å². The van der Waals surface area contributed by atoms with Gasteiger partial charge in [0.15, 0.2) is 11.5 Å². The molecule has 1 unspecified atom stereocenters. The molecule has 1 aromatic carbocycles. The van der Waals surface area contributed by atoms with Gasteiger partial charge in [-0.1, -0.05) is 36.4 Å². The second-order valence-electron chi connectivity index (χ2n) is 9.46. The van der Waals surface area contributed by atoms with E-state index in [0.717, 1.165) is 5.56 Å². The quantitative estimate of drug-likeness (QED) is 0.610. The number of hydrogen-bond acceptors (Lipinski definition) is 7. The van der Waals surface area contributed by atoms with Crippen LogP contribution in [0.25, 0.3) is 0 Å². The lowest BCUT2D eigenvalue weighted by molar-refractivity contribution is 0.0928. The summed E-state index contributed by atoms with van der Waals surface area (Å²) in [5, 5.41) is 2.97. The zero-order valence-electron chi connectivity index (χ0n) is 20.9. The number of ether oxygens (including phenoxy) is 1. The van der Waals surface area contributed by atoms with Crippen molar-refractivity contribution in [1.82, 2.24) is 19.6 Å². The van der Waals surface area contributed by atoms with Gasteiger partial charge >= 0.3 is 0 Å². The molecule has 1 fully saturated rings. The minimum atomic E-state index is -3.74. The molecule has 192 valence electrons. The van der Waals surface area contributed by atoms with Crippen molar-refractivity contribution in [2.24, 2.45) is 0 Å². The van der Waals surface area contributed by atoms with Gasteiger partial charge in [-0.2, -0.15) is 4.31 Å². The number of anilines is 1. The summed E-state index contributed by atoms with van der Waals surface area (Å²) >= 11 is 0. The Labute approximate surface area is 212 Å². The number of aromatic nitrogens is 2. The predicted octanol–water partition coefficient (Wildman–Crippen LogP) is 3.14. The number of hydrogen-bond donors (Lipinski definition) is 2. The van der Waals surface area contributed by atoms with E-state index in [0.29, 0.717) is 50.2 Å². The van der Waals surface area contributed by atoms with Crippen molar-refractivity contribution in [3.8, 4) is 0 Å². The highest BCUT2D eigenvalue weighted by atomic mass is 32.2. The first-order chi connectivity index (χ1) is 17.1. The summed E-state index contributed by atoms with van der Waals surface area (Å²) in [5.74, 6) is 0.0939. The summed E-state index contributed by atoms with van der Waals surface area (Å²) in [6.07, 6.45) is 6.45. The summed E-state index contributed by atoms with van der Waals surface area (Å²) in [5.41, 5.74) is 7.22. The molecule has 1 amide bonds. The van der Waals surface area contributed by atoms with Gasteiger partial charge in [-0.3, -0.25) is 4.79 Å². The molecule has 9 nitrogen and oxygen atoms in total. The number of nitrogens with two attached hydrogens (primary N) is 1. The van der Waals surface area contributed by atoms with Gasteiger partial charge in [0.05, 0.1) is 6.10 Å². The largest absolute Gasteiger partial charge is 0.494 e. The first-order valence-electron chi connectivity index (χ1n) is 12.1. The van der Waals surface area contributed by atoms with E-state index in [4.69, 9.17) is 10.5 Å². The Hall–Kier alpha value is -3.24. The predicted molar refractivity (Wildman–Crippen MR) is 138 cm³/mol. The Morgan fingerprint density at radius 1 is 1.17 bits per heavy atom. The molecule has 0 aliphatic carbocycles. The van der Waals surface area contributed by atoms with Gasteiger partial charge in [-0.05, 0) is 44.7 Å². The third kappa shape index (κ3) is 5.15. The molecule has 0 saturated carbocycles. The molecule has 1 saturated heterocycles. The number of sulfonamides is 1. The van der Waals surface area contributed by atoms with E-state index in [1.165, 1.54) is 16.7 Å². The van der Waals surface area contributed by atoms with Crippen molar-refractivity contribution in [1.29, 1.82) is 0 Å². The molecule has 0 bridgehead atoms. The van der Waals surface area contributed by atoms with Gasteiger partial charge in [0.2, 0.25) is 10.0 Å². The standard InChI is InChI=1S/C26H33N5O4S/c1-18-9-10-19(2)35-20(3)23(18)36(33,34)31-15-11-26(12-16-31,21-7-5-4-6-8-21)17-30-25(32)22-24(27)29-14-13-28-22/h4-9,13-14,19H,10-12,15-17H2,1-3H3,(H2,27,29)(H,30,32). The van der Waals surface area contributed by atoms with E-state index < -0.39 is 21.3 Å². The number of amides is 1. The lowest BCUT2D eigenvalue weighted by Gasteiger charge is -2.42. The van der Waals surface area contributed by atoms with Crippen LogP contribution in [-0.2, 0) is 20.2 Å². The highest BCUT2D eigenvalue weighted by Crippen LogP contribution is 2.38. The highest BCUT2D eigenvalue weighted by molar-refractivity contribution is 7.93. The van der Waals surface area contributed by atoms with E-state index in [-0.39, 0.29) is 22.5 Å². The SMILES string of the molecule is CC1=CCC(C)OC(C)=C1S(=O)(=O)N1CCC(CNC(=O)c2nccnc2N)(c2ccccc2)CC1. The molecule has 0 spiro atoms. The van der Waals surface area contributed by atoms with Crippen LogP contribution in [0.1, 0.15) is 56.1 Å². The van der Waals surface area contributed by atoms with E-state index in [1.54, 1.807) is 6.92 Å². The highest BCUT2D eigenvalue weighted by Gasteiger charge is 2.41. The molecule has 1 aromatic heterocycles. The summed E-state index contributed by atoms with van der Waals surface area (Å²) in [7, 11) is -3.74. The number of nitrogens with zero attached hydrogens (tertiary/aromatic N) is 3. The maximum absolute atomic E-state index is 13.7. The Kier molecular flexibility index (Phi) is 7.46. The van der Waals surface area contributed by atoms with Gasteiger partial charge in [-0.15, -0.1) is 0 Å². The fraction of sp³-hybridized carbons (Fsp3) is 0.423. The molecule has 2 aliphatic heterocycles. The monoisotopic (exact) mass is 511 g/mol. The molecule has 2 aliphatic rings. The number of allylic oxidation sites excluding steroid dienone is 2. The zero-order chi connectivity index (χ0) is 25.9. The number of carbonyl (C=O) groups excluding carboxylic acids is 1. The molecule has 2 aromatic rings. The van der Waals surface area contributed by atoms with Crippen LogP contribution in [0.15, 0.2) is 65.0 Å². The average molecular weight is 512 g/mol. The first kappa shape index (κ1) is 25.8. The molecule has 10 heteroatoms. The van der Waals surface area contributed by atoms with Gasteiger partial charge in [0, 0.05) is 43.9 Å². The van der Waals surface area contributed by atoms with Crippen LogP contribution in [0.4, 0.5) is 5.82 Å². The van der Waals surface area contributed by atoms with Crippen LogP contribution in [0.2, 0.25) is 0 Å². The third-order valence-electron chi connectivity index (χ3n) is 7.00.